The van der Waals surface area contributed by atoms with E-state index in [0.29, 0.717) is 42.5 Å². The molecule has 3 aromatic rings. The lowest BCUT2D eigenvalue weighted by Gasteiger charge is -2.21. The maximum absolute atomic E-state index is 12.8. The van der Waals surface area contributed by atoms with Crippen molar-refractivity contribution in [2.24, 2.45) is 17.8 Å². The smallest absolute Gasteiger partial charge is 0.327 e. The van der Waals surface area contributed by atoms with E-state index in [1.54, 1.807) is 72.8 Å². The van der Waals surface area contributed by atoms with Gasteiger partial charge in [-0.1, -0.05) is 79.7 Å². The number of carbonyl (C=O) groups excluding carboxylic acids is 12. The third-order valence-electron chi connectivity index (χ3n) is 15.0. The monoisotopic (exact) mass is 1560 g/mol. The van der Waals surface area contributed by atoms with Crippen LogP contribution in [0.15, 0.2) is 72.8 Å². The molecule has 0 aliphatic heterocycles. The van der Waals surface area contributed by atoms with Gasteiger partial charge in [-0.25, -0.2) is 14.4 Å². The van der Waals surface area contributed by atoms with Crippen molar-refractivity contribution in [3.05, 3.63) is 106 Å². The zero-order valence-corrected chi connectivity index (χ0v) is 59.4. The Labute approximate surface area is 624 Å². The first kappa shape index (κ1) is 93.8. The normalized spacial score (nSPS) is 12.9. The highest BCUT2D eigenvalue weighted by molar-refractivity contribution is 7.80. The summed E-state index contributed by atoms with van der Waals surface area (Å²) in [6, 6.07) is 11.0. The van der Waals surface area contributed by atoms with Crippen LogP contribution in [0.25, 0.3) is 0 Å². The van der Waals surface area contributed by atoms with Gasteiger partial charge in [0.15, 0.2) is 17.3 Å². The van der Waals surface area contributed by atoms with E-state index in [4.69, 9.17) is 46.0 Å². The van der Waals surface area contributed by atoms with Crippen LogP contribution in [0.1, 0.15) is 105 Å². The summed E-state index contributed by atoms with van der Waals surface area (Å²) in [4.78, 5) is 245. The summed E-state index contributed by atoms with van der Waals surface area (Å²) in [5, 5.41) is 103. The minimum absolute atomic E-state index is 0.0150. The van der Waals surface area contributed by atoms with Gasteiger partial charge in [-0.15, -0.1) is 0 Å². The molecule has 3 aromatic carbocycles. The fourth-order valence-corrected chi connectivity index (χ4v) is 9.99. The molecule has 0 bridgehead atoms. The fraction of sp³-hybridized carbons (Fsp3) is 0.418. The fourth-order valence-electron chi connectivity index (χ4n) is 9.49. The molecule has 108 heavy (non-hydrogen) atoms. The highest BCUT2D eigenvalue weighted by Gasteiger charge is 2.36. The lowest BCUT2D eigenvalue weighted by atomic mass is 9.93. The molecule has 0 saturated heterocycles. The van der Waals surface area contributed by atoms with Crippen LogP contribution in [0.3, 0.4) is 0 Å². The molecule has 18 N–H and O–H groups in total. The summed E-state index contributed by atoms with van der Waals surface area (Å²) in [5.74, 6) is -25.5. The van der Waals surface area contributed by atoms with Crippen LogP contribution >= 0.6 is 25.3 Å². The molecule has 0 radical (unpaired) electrons. The van der Waals surface area contributed by atoms with Crippen molar-refractivity contribution in [3.63, 3.8) is 0 Å². The third-order valence-corrected chi connectivity index (χ3v) is 15.7. The second-order valence-corrected chi connectivity index (χ2v) is 24.2. The van der Waals surface area contributed by atoms with Crippen LogP contribution < -0.4 is 47.9 Å². The number of nitrogens with one attached hydrogen (secondary N) is 9. The standard InChI is InChI=1S/C23H29N3O10.2C22H27N3O10S/c1-2-16(23(35)36)26-22(34)15(9-20(30)31)8-18(28)17(10-21(32)33)25-19(29)7-13-3-5-14(6-4-13)11-24-12-27;2*26-11-23-9-13-3-1-12(2-4-13)5-18(28)24-15(8-20(31)32)17(27)6-14(7-19(29)30)21(33)25-16(10-36)22(34)35/h3-6,12,15-17H,2,7-11H2,1H3,(H,24,27)(H,25,29)(H,26,34)(H,30,31)(H,32,33)(H,35,36);2*1-4,11,14-16,36H,5-10H2,(H,23,26)(H,24,28)(H,25,33)(H,29,30)(H,31,32)(H,34,35)/t15-,16-,17-;14-,15+,16-;14-,15-,16-/m100/s1. The van der Waals surface area contributed by atoms with Gasteiger partial charge in [0.25, 0.3) is 0 Å². The van der Waals surface area contributed by atoms with Crippen LogP contribution in [0, 0.1) is 17.8 Å². The number of thiol groups is 2. The highest BCUT2D eigenvalue weighted by Crippen LogP contribution is 2.19. The lowest BCUT2D eigenvalue weighted by Crippen LogP contribution is -2.47. The number of hydrogen-bond donors (Lipinski definition) is 20. The number of amides is 9. The number of carboxylic acids is 9. The number of Topliss-reactive ketones (excluding diaryl/α,β-unsaturated/α-hetero) is 3. The molecule has 0 fully saturated rings. The van der Waals surface area contributed by atoms with E-state index in [9.17, 15) is 101 Å². The number of hydrogen-bond acceptors (Lipinski definition) is 23. The SMILES string of the molecule is CC[C@@H](NC(=O)[C@@H](CC(=O)O)CC(=O)[C@@H](CC(=O)O)NC(=O)Cc1ccc(CNC=O)cc1)C(=O)O.O=CNCc1ccc(CC(=O)N[C@@H](CC(=O)O)C(=O)C[C@@H](CC(=O)O)C(=O)N[C@@H](CS)C(=O)O)cc1.O=CNCc1ccc(CC(=O)N[C@H](CC(=O)O)C(=O)C[C@@H](CC(=O)O)C(=O)N[C@@H](CS)C(=O)O)cc1. The number of aliphatic carboxylic acids is 9. The third kappa shape index (κ3) is 39.1. The molecule has 0 heterocycles. The van der Waals surface area contributed by atoms with Gasteiger partial charge in [-0.3, -0.25) is 86.3 Å². The maximum Gasteiger partial charge on any atom is 0.327 e. The first-order valence-electron chi connectivity index (χ1n) is 32.2. The second-order valence-electron chi connectivity index (χ2n) is 23.5. The van der Waals surface area contributed by atoms with E-state index >= 15 is 0 Å². The summed E-state index contributed by atoms with van der Waals surface area (Å²) in [5.41, 5.74) is 3.95. The number of carboxylic acid groups (broad SMARTS) is 9. The van der Waals surface area contributed by atoms with Crippen molar-refractivity contribution < 1.29 is 147 Å². The first-order chi connectivity index (χ1) is 50.9. The van der Waals surface area contributed by atoms with Crippen molar-refractivity contribution >= 4 is 151 Å². The van der Waals surface area contributed by atoms with Gasteiger partial charge >= 0.3 is 53.7 Å². The van der Waals surface area contributed by atoms with Crippen molar-refractivity contribution in [1.82, 2.24) is 47.9 Å². The Morgan fingerprint density at radius 3 is 0.704 bits per heavy atom. The first-order valence-corrected chi connectivity index (χ1v) is 33.5. The van der Waals surface area contributed by atoms with Crippen LogP contribution in [0.5, 0.6) is 0 Å². The molecule has 39 nitrogen and oxygen atoms in total. The molecular weight excluding hydrogens is 1470 g/mol. The Bertz CT molecular complexity index is 3320. The molecule has 3 rings (SSSR count). The van der Waals surface area contributed by atoms with E-state index in [1.165, 1.54) is 6.92 Å². The molecule has 0 saturated carbocycles. The maximum atomic E-state index is 12.8. The van der Waals surface area contributed by atoms with Gasteiger partial charge in [0.1, 0.15) is 18.1 Å². The zero-order chi connectivity index (χ0) is 81.8. The van der Waals surface area contributed by atoms with E-state index in [1.807, 2.05) is 0 Å². The Balaban J connectivity index is 0.000000810. The molecular formula is C67H83N9O30S2. The zero-order valence-electron chi connectivity index (χ0n) is 57.6. The predicted octanol–water partition coefficient (Wildman–Crippen LogP) is -2.57. The van der Waals surface area contributed by atoms with Gasteiger partial charge in [0, 0.05) is 50.4 Å². The summed E-state index contributed by atoms with van der Waals surface area (Å²) >= 11 is 7.60. The minimum Gasteiger partial charge on any atom is -0.481 e. The number of benzene rings is 3. The van der Waals surface area contributed by atoms with Gasteiger partial charge in [0.05, 0.1) is 93.7 Å². The Morgan fingerprint density at radius 1 is 0.306 bits per heavy atom. The number of ketones is 3. The summed E-state index contributed by atoms with van der Waals surface area (Å²) in [7, 11) is 0. The number of rotatable bonds is 51. The minimum atomic E-state index is -1.55. The summed E-state index contributed by atoms with van der Waals surface area (Å²) in [6.45, 7) is 2.36. The summed E-state index contributed by atoms with van der Waals surface area (Å²) < 4.78 is 0. The average molecular weight is 1560 g/mol. The van der Waals surface area contributed by atoms with Crippen molar-refractivity contribution in [2.45, 2.75) is 146 Å². The Morgan fingerprint density at radius 2 is 0.519 bits per heavy atom. The van der Waals surface area contributed by atoms with E-state index in [0.717, 1.165) is 16.7 Å². The number of carbonyl (C=O) groups is 21. The molecule has 588 valence electrons. The van der Waals surface area contributed by atoms with E-state index in [2.05, 4.69) is 73.1 Å². The van der Waals surface area contributed by atoms with Gasteiger partial charge in [-0.05, 0) is 39.8 Å². The van der Waals surface area contributed by atoms with Gasteiger partial charge < -0.3 is 93.8 Å². The molecule has 0 aliphatic rings. The molecule has 0 aromatic heterocycles. The van der Waals surface area contributed by atoms with Gasteiger partial charge in [0.2, 0.25) is 54.7 Å². The van der Waals surface area contributed by atoms with Crippen LogP contribution in [0.4, 0.5) is 0 Å². The van der Waals surface area contributed by atoms with Crippen LogP contribution in [-0.2, 0) is 140 Å². The molecule has 0 aliphatic carbocycles. The molecule has 41 heteroatoms. The lowest BCUT2D eigenvalue weighted by molar-refractivity contribution is -0.145. The van der Waals surface area contributed by atoms with Crippen molar-refractivity contribution in [2.75, 3.05) is 11.5 Å². The van der Waals surface area contributed by atoms with Crippen LogP contribution in [0.2, 0.25) is 0 Å². The molecule has 0 unspecified atom stereocenters. The molecule has 9 atom stereocenters. The Kier molecular flexibility index (Phi) is 43.7. The average Bonchev–Trinajstić information content (AvgIpc) is 0.881. The largest absolute Gasteiger partial charge is 0.481 e. The van der Waals surface area contributed by atoms with E-state index < -0.39 is 218 Å². The van der Waals surface area contributed by atoms with Crippen molar-refractivity contribution in [3.8, 4) is 0 Å². The topological polar surface area (TPSA) is 649 Å². The predicted molar refractivity (Wildman–Crippen MR) is 374 cm³/mol. The molecule has 0 spiro atoms. The van der Waals surface area contributed by atoms with E-state index in [-0.39, 0.29) is 50.3 Å². The summed E-state index contributed by atoms with van der Waals surface area (Å²) in [6.07, 6.45) is -6.03. The molecule has 9 amide bonds. The van der Waals surface area contributed by atoms with Crippen LogP contribution in [-0.4, -0.2) is 219 Å². The second kappa shape index (κ2) is 50.3. The Hall–Kier alpha value is -12.2. The quantitative estimate of drug-likeness (QED) is 0.0204. The van der Waals surface area contributed by atoms with Crippen molar-refractivity contribution in [1.29, 1.82) is 0 Å². The highest BCUT2D eigenvalue weighted by atomic mass is 32.1. The van der Waals surface area contributed by atoms with Gasteiger partial charge in [-0.2, -0.15) is 25.3 Å².